The van der Waals surface area contributed by atoms with Crippen LogP contribution in [-0.2, 0) is 46.6 Å². The van der Waals surface area contributed by atoms with E-state index in [9.17, 15) is 24.0 Å². The number of nitrogens with zero attached hydrogens (tertiary/aromatic N) is 1. The second kappa shape index (κ2) is 13.2. The molecule has 0 aliphatic carbocycles. The Bertz CT molecular complexity index is 1270. The summed E-state index contributed by atoms with van der Waals surface area (Å²) in [6.45, 7) is 3.67. The first-order valence-electron chi connectivity index (χ1n) is 13.2. The average Bonchev–Trinajstić information content (AvgIpc) is 3.21. The van der Waals surface area contributed by atoms with Crippen molar-refractivity contribution in [2.24, 2.45) is 11.7 Å². The quantitative estimate of drug-likeness (QED) is 0.229. The summed E-state index contributed by atoms with van der Waals surface area (Å²) in [6.07, 6.45) is -1.17. The van der Waals surface area contributed by atoms with E-state index in [0.717, 1.165) is 11.1 Å². The van der Waals surface area contributed by atoms with Gasteiger partial charge in [0.2, 0.25) is 11.8 Å². The SMILES string of the molecule is CC1(C)S[C@@H]2[C@H](COC(=O)[C@@H](N)CCC(=O)NC(=O)OCc3ccccc3)C(=O)N2[C@H]1C(=O)OCc1ccccc1. The molecule has 11 nitrogen and oxygen atoms in total. The van der Waals surface area contributed by atoms with Crippen molar-refractivity contribution >= 4 is 41.6 Å². The number of nitrogens with one attached hydrogen (secondary N) is 1. The van der Waals surface area contributed by atoms with Crippen LogP contribution in [0.25, 0.3) is 0 Å². The number of rotatable bonds is 11. The maximum Gasteiger partial charge on any atom is 0.414 e. The number of esters is 2. The third kappa shape index (κ3) is 7.44. The van der Waals surface area contributed by atoms with Gasteiger partial charge in [-0.2, -0.15) is 0 Å². The van der Waals surface area contributed by atoms with Gasteiger partial charge in [0.15, 0.2) is 0 Å². The lowest BCUT2D eigenvalue weighted by Gasteiger charge is -2.43. The third-order valence-corrected chi connectivity index (χ3v) is 8.47. The molecule has 2 aliphatic heterocycles. The fourth-order valence-corrected chi connectivity index (χ4v) is 6.31. The molecule has 0 aromatic heterocycles. The molecule has 0 bridgehead atoms. The molecule has 0 saturated carbocycles. The van der Waals surface area contributed by atoms with E-state index in [4.69, 9.17) is 19.9 Å². The molecule has 4 atom stereocenters. The summed E-state index contributed by atoms with van der Waals surface area (Å²) >= 11 is 1.45. The van der Waals surface area contributed by atoms with Gasteiger partial charge in [-0.3, -0.25) is 19.7 Å². The minimum Gasteiger partial charge on any atom is -0.464 e. The Labute approximate surface area is 242 Å². The Kier molecular flexibility index (Phi) is 9.66. The van der Waals surface area contributed by atoms with E-state index in [1.807, 2.05) is 50.2 Å². The number of hydrogen-bond acceptors (Lipinski definition) is 10. The predicted molar refractivity (Wildman–Crippen MR) is 149 cm³/mol. The zero-order valence-electron chi connectivity index (χ0n) is 22.8. The third-order valence-electron chi connectivity index (χ3n) is 6.84. The Morgan fingerprint density at radius 2 is 1.54 bits per heavy atom. The van der Waals surface area contributed by atoms with Gasteiger partial charge >= 0.3 is 18.0 Å². The molecule has 4 rings (SSSR count). The fourth-order valence-electron chi connectivity index (χ4n) is 4.65. The van der Waals surface area contributed by atoms with Gasteiger partial charge in [-0.05, 0) is 31.4 Å². The Hall–Kier alpha value is -3.90. The summed E-state index contributed by atoms with van der Waals surface area (Å²) in [5, 5.41) is 1.74. The van der Waals surface area contributed by atoms with E-state index in [-0.39, 0.29) is 43.9 Å². The Morgan fingerprint density at radius 1 is 0.951 bits per heavy atom. The van der Waals surface area contributed by atoms with Gasteiger partial charge in [0.1, 0.15) is 37.8 Å². The second-order valence-corrected chi connectivity index (χ2v) is 12.1. The summed E-state index contributed by atoms with van der Waals surface area (Å²) in [5.74, 6) is -2.82. The molecule has 2 aromatic carbocycles. The first-order chi connectivity index (χ1) is 19.6. The van der Waals surface area contributed by atoms with E-state index in [1.165, 1.54) is 16.7 Å². The van der Waals surface area contributed by atoms with Crippen LogP contribution in [0.2, 0.25) is 0 Å². The zero-order valence-corrected chi connectivity index (χ0v) is 23.6. The number of hydrogen-bond donors (Lipinski definition) is 2. The number of ether oxygens (including phenoxy) is 3. The van der Waals surface area contributed by atoms with Crippen molar-refractivity contribution in [2.45, 2.75) is 62.1 Å². The predicted octanol–water partition coefficient (Wildman–Crippen LogP) is 2.51. The molecule has 3 amide bonds. The van der Waals surface area contributed by atoms with Gasteiger partial charge in [-0.15, -0.1) is 11.8 Å². The molecule has 218 valence electrons. The summed E-state index contributed by atoms with van der Waals surface area (Å²) in [6, 6.07) is 16.4. The van der Waals surface area contributed by atoms with Crippen LogP contribution >= 0.6 is 11.8 Å². The fraction of sp³-hybridized carbons (Fsp3) is 0.414. The highest BCUT2D eigenvalue weighted by Gasteiger charge is 2.64. The number of carbonyl (C=O) groups is 5. The molecular formula is C29H33N3O8S. The molecule has 2 saturated heterocycles. The van der Waals surface area contributed by atoms with E-state index in [0.29, 0.717) is 0 Å². The number of carbonyl (C=O) groups excluding carboxylic acids is 5. The van der Waals surface area contributed by atoms with E-state index < -0.39 is 46.7 Å². The molecule has 41 heavy (non-hydrogen) atoms. The smallest absolute Gasteiger partial charge is 0.414 e. The van der Waals surface area contributed by atoms with E-state index in [2.05, 4.69) is 5.32 Å². The van der Waals surface area contributed by atoms with Gasteiger partial charge in [0.05, 0.1) is 5.37 Å². The van der Waals surface area contributed by atoms with Crippen molar-refractivity contribution in [3.8, 4) is 0 Å². The molecule has 2 aliphatic rings. The number of β-lactam (4-membered cyclic amide) rings is 1. The van der Waals surface area contributed by atoms with Crippen molar-refractivity contribution in [1.82, 2.24) is 10.2 Å². The van der Waals surface area contributed by atoms with Gasteiger partial charge in [0.25, 0.3) is 0 Å². The number of thioether (sulfide) groups is 1. The summed E-state index contributed by atoms with van der Waals surface area (Å²) in [4.78, 5) is 63.7. The molecule has 2 aromatic rings. The monoisotopic (exact) mass is 583 g/mol. The maximum atomic E-state index is 12.9. The summed E-state index contributed by atoms with van der Waals surface area (Å²) in [7, 11) is 0. The van der Waals surface area contributed by atoms with Crippen molar-refractivity contribution in [3.05, 3.63) is 71.8 Å². The number of fused-ring (bicyclic) bond motifs is 1. The van der Waals surface area contributed by atoms with Crippen LogP contribution in [0.4, 0.5) is 4.79 Å². The highest BCUT2D eigenvalue weighted by molar-refractivity contribution is 8.01. The minimum absolute atomic E-state index is 0.00912. The topological polar surface area (TPSA) is 154 Å². The highest BCUT2D eigenvalue weighted by Crippen LogP contribution is 2.53. The van der Waals surface area contributed by atoms with Crippen molar-refractivity contribution in [3.63, 3.8) is 0 Å². The van der Waals surface area contributed by atoms with Gasteiger partial charge in [0, 0.05) is 11.2 Å². The molecule has 0 radical (unpaired) electrons. The number of amides is 3. The Morgan fingerprint density at radius 3 is 2.15 bits per heavy atom. The lowest BCUT2D eigenvalue weighted by molar-refractivity contribution is -0.171. The second-order valence-electron chi connectivity index (χ2n) is 10.3. The van der Waals surface area contributed by atoms with Crippen LogP contribution in [0, 0.1) is 5.92 Å². The minimum atomic E-state index is -1.12. The van der Waals surface area contributed by atoms with Crippen LogP contribution in [-0.4, -0.2) is 63.6 Å². The maximum absolute atomic E-state index is 12.9. The number of benzene rings is 2. The van der Waals surface area contributed by atoms with Crippen molar-refractivity contribution < 1.29 is 38.2 Å². The van der Waals surface area contributed by atoms with Crippen LogP contribution in [0.15, 0.2) is 60.7 Å². The van der Waals surface area contributed by atoms with E-state index >= 15 is 0 Å². The lowest BCUT2D eigenvalue weighted by Crippen LogP contribution is -2.64. The molecule has 0 unspecified atom stereocenters. The number of imide groups is 1. The van der Waals surface area contributed by atoms with Crippen molar-refractivity contribution in [1.29, 1.82) is 0 Å². The normalized spacial score (nSPS) is 21.2. The van der Waals surface area contributed by atoms with Gasteiger partial charge < -0.3 is 24.8 Å². The lowest BCUT2D eigenvalue weighted by atomic mass is 9.92. The largest absolute Gasteiger partial charge is 0.464 e. The van der Waals surface area contributed by atoms with Crippen LogP contribution < -0.4 is 11.1 Å². The molecule has 2 fully saturated rings. The summed E-state index contributed by atoms with van der Waals surface area (Å²) in [5.41, 5.74) is 7.49. The van der Waals surface area contributed by atoms with E-state index in [1.54, 1.807) is 24.3 Å². The number of nitrogens with two attached hydrogens (primary N) is 1. The summed E-state index contributed by atoms with van der Waals surface area (Å²) < 4.78 is 15.2. The standard InChI is InChI=1S/C29H33N3O8S/c1-29(2)23(27(36)38-15-18-9-5-3-6-10-18)32-24(34)20(25(32)41-29)17-39-26(35)21(30)13-14-22(33)31-28(37)40-16-19-11-7-4-8-12-19/h3-12,20-21,23,25H,13-17,30H2,1-2H3,(H,31,33,37)/t20-,21+,23+,25-/m1/s1. The van der Waals surface area contributed by atoms with Crippen LogP contribution in [0.1, 0.15) is 37.8 Å². The molecular weight excluding hydrogens is 550 g/mol. The first-order valence-corrected chi connectivity index (χ1v) is 14.1. The van der Waals surface area contributed by atoms with Gasteiger partial charge in [-0.1, -0.05) is 60.7 Å². The first kappa shape index (κ1) is 30.1. The van der Waals surface area contributed by atoms with Crippen molar-refractivity contribution in [2.75, 3.05) is 6.61 Å². The average molecular weight is 584 g/mol. The number of alkyl carbamates (subject to hydrolysis) is 1. The molecule has 12 heteroatoms. The van der Waals surface area contributed by atoms with Crippen LogP contribution in [0.3, 0.4) is 0 Å². The van der Waals surface area contributed by atoms with Crippen LogP contribution in [0.5, 0.6) is 0 Å². The zero-order chi connectivity index (χ0) is 29.6. The molecule has 3 N–H and O–H groups in total. The molecule has 2 heterocycles. The molecule has 0 spiro atoms. The highest BCUT2D eigenvalue weighted by atomic mass is 32.2. The Balaban J connectivity index is 1.18. The van der Waals surface area contributed by atoms with Gasteiger partial charge in [-0.25, -0.2) is 9.59 Å².